The third kappa shape index (κ3) is 2.32. The van der Waals surface area contributed by atoms with Crippen LogP contribution in [0.4, 0.5) is 11.4 Å². The SMILES string of the molecule is CC(C)N1CCc2c(N3CCN(C)CC3)cccc21. The summed E-state index contributed by atoms with van der Waals surface area (Å²) in [6, 6.07) is 7.44. The van der Waals surface area contributed by atoms with E-state index in [-0.39, 0.29) is 0 Å². The molecule has 19 heavy (non-hydrogen) atoms. The summed E-state index contributed by atoms with van der Waals surface area (Å²) in [5, 5.41) is 0. The average Bonchev–Trinajstić information content (AvgIpc) is 2.83. The number of hydrogen-bond donors (Lipinski definition) is 0. The maximum atomic E-state index is 2.57. The summed E-state index contributed by atoms with van der Waals surface area (Å²) in [6.07, 6.45) is 1.20. The molecule has 0 bridgehead atoms. The van der Waals surface area contributed by atoms with Crippen molar-refractivity contribution < 1.29 is 0 Å². The third-order valence-corrected chi connectivity index (χ3v) is 4.51. The molecule has 3 heteroatoms. The first-order chi connectivity index (χ1) is 9.16. The zero-order valence-corrected chi connectivity index (χ0v) is 12.4. The maximum Gasteiger partial charge on any atom is 0.0422 e. The van der Waals surface area contributed by atoms with Crippen LogP contribution in [0.15, 0.2) is 18.2 Å². The number of nitrogens with zero attached hydrogens (tertiary/aromatic N) is 3. The molecular weight excluding hydrogens is 234 g/mol. The standard InChI is InChI=1S/C16H25N3/c1-13(2)19-8-7-14-15(5-4-6-16(14)19)18-11-9-17(3)10-12-18/h4-6,13H,7-12H2,1-3H3. The van der Waals surface area contributed by atoms with E-state index in [0.717, 1.165) is 13.1 Å². The van der Waals surface area contributed by atoms with Crippen LogP contribution in [0, 0.1) is 0 Å². The Morgan fingerprint density at radius 3 is 2.32 bits per heavy atom. The number of hydrogen-bond acceptors (Lipinski definition) is 3. The van der Waals surface area contributed by atoms with E-state index in [1.165, 1.54) is 37.4 Å². The molecule has 1 fully saturated rings. The summed E-state index contributed by atoms with van der Waals surface area (Å²) in [6.45, 7) is 10.4. The number of rotatable bonds is 2. The number of likely N-dealkylation sites (N-methyl/N-ethyl adjacent to an activating group) is 1. The fourth-order valence-corrected chi connectivity index (χ4v) is 3.32. The summed E-state index contributed by atoms with van der Waals surface area (Å²) >= 11 is 0. The number of benzene rings is 1. The van der Waals surface area contributed by atoms with E-state index < -0.39 is 0 Å². The molecule has 3 rings (SSSR count). The zero-order valence-electron chi connectivity index (χ0n) is 12.4. The van der Waals surface area contributed by atoms with Crippen molar-refractivity contribution >= 4 is 11.4 Å². The smallest absolute Gasteiger partial charge is 0.0422 e. The summed E-state index contributed by atoms with van der Waals surface area (Å²) in [5.74, 6) is 0. The topological polar surface area (TPSA) is 9.72 Å². The first-order valence-electron chi connectivity index (χ1n) is 7.49. The quantitative estimate of drug-likeness (QED) is 0.806. The van der Waals surface area contributed by atoms with Crippen LogP contribution in [0.5, 0.6) is 0 Å². The second kappa shape index (κ2) is 5.04. The van der Waals surface area contributed by atoms with Gasteiger partial charge in [-0.3, -0.25) is 0 Å². The van der Waals surface area contributed by atoms with Gasteiger partial charge in [-0.05, 0) is 39.4 Å². The molecule has 1 aromatic carbocycles. The lowest BCUT2D eigenvalue weighted by Crippen LogP contribution is -2.44. The van der Waals surface area contributed by atoms with Gasteiger partial charge in [0.05, 0.1) is 0 Å². The Kier molecular flexibility index (Phi) is 3.40. The van der Waals surface area contributed by atoms with E-state index in [1.54, 1.807) is 5.56 Å². The molecule has 1 saturated heterocycles. The van der Waals surface area contributed by atoms with Gasteiger partial charge in [-0.2, -0.15) is 0 Å². The van der Waals surface area contributed by atoms with Crippen molar-refractivity contribution in [2.75, 3.05) is 49.6 Å². The Morgan fingerprint density at radius 1 is 0.947 bits per heavy atom. The lowest BCUT2D eigenvalue weighted by atomic mass is 10.1. The van der Waals surface area contributed by atoms with Crippen molar-refractivity contribution in [3.63, 3.8) is 0 Å². The molecule has 0 atom stereocenters. The van der Waals surface area contributed by atoms with Gasteiger partial charge >= 0.3 is 0 Å². The average molecular weight is 259 g/mol. The van der Waals surface area contributed by atoms with Crippen LogP contribution in [-0.4, -0.2) is 50.7 Å². The van der Waals surface area contributed by atoms with E-state index in [4.69, 9.17) is 0 Å². The number of fused-ring (bicyclic) bond motifs is 1. The van der Waals surface area contributed by atoms with Crippen molar-refractivity contribution in [3.8, 4) is 0 Å². The van der Waals surface area contributed by atoms with E-state index in [1.807, 2.05) is 0 Å². The summed E-state index contributed by atoms with van der Waals surface area (Å²) < 4.78 is 0. The molecule has 2 aliphatic rings. The van der Waals surface area contributed by atoms with Gasteiger partial charge in [-0.15, -0.1) is 0 Å². The van der Waals surface area contributed by atoms with Crippen LogP contribution in [0.3, 0.4) is 0 Å². The fraction of sp³-hybridized carbons (Fsp3) is 0.625. The lowest BCUT2D eigenvalue weighted by Gasteiger charge is -2.35. The summed E-state index contributed by atoms with van der Waals surface area (Å²) in [7, 11) is 2.22. The van der Waals surface area contributed by atoms with Crippen LogP contribution >= 0.6 is 0 Å². The lowest BCUT2D eigenvalue weighted by molar-refractivity contribution is 0.312. The third-order valence-electron chi connectivity index (χ3n) is 4.51. The molecule has 0 unspecified atom stereocenters. The highest BCUT2D eigenvalue weighted by atomic mass is 15.3. The Labute approximate surface area is 116 Å². The second-order valence-corrected chi connectivity index (χ2v) is 6.10. The molecule has 3 nitrogen and oxygen atoms in total. The van der Waals surface area contributed by atoms with Gasteiger partial charge in [0, 0.05) is 55.7 Å². The predicted molar refractivity (Wildman–Crippen MR) is 82.3 cm³/mol. The fourth-order valence-electron chi connectivity index (χ4n) is 3.32. The van der Waals surface area contributed by atoms with Gasteiger partial charge in [0.15, 0.2) is 0 Å². The molecule has 0 aliphatic carbocycles. The highest BCUT2D eigenvalue weighted by Crippen LogP contribution is 2.36. The first-order valence-corrected chi connectivity index (χ1v) is 7.49. The Hall–Kier alpha value is -1.22. The van der Waals surface area contributed by atoms with E-state index in [9.17, 15) is 0 Å². The van der Waals surface area contributed by atoms with E-state index in [2.05, 4.69) is 53.8 Å². The number of anilines is 2. The predicted octanol–water partition coefficient (Wildman–Crippen LogP) is 2.21. The van der Waals surface area contributed by atoms with Gasteiger partial charge in [0.2, 0.25) is 0 Å². The van der Waals surface area contributed by atoms with Crippen molar-refractivity contribution in [1.29, 1.82) is 0 Å². The first kappa shape index (κ1) is 12.8. The largest absolute Gasteiger partial charge is 0.369 e. The van der Waals surface area contributed by atoms with Gasteiger partial charge in [-0.1, -0.05) is 6.07 Å². The molecule has 2 heterocycles. The monoisotopic (exact) mass is 259 g/mol. The normalized spacial score (nSPS) is 20.2. The minimum atomic E-state index is 0.601. The molecule has 1 aromatic rings. The highest BCUT2D eigenvalue weighted by Gasteiger charge is 2.26. The molecule has 2 aliphatic heterocycles. The molecule has 0 amide bonds. The Morgan fingerprint density at radius 2 is 1.63 bits per heavy atom. The van der Waals surface area contributed by atoms with Gasteiger partial charge in [0.25, 0.3) is 0 Å². The van der Waals surface area contributed by atoms with Crippen LogP contribution in [-0.2, 0) is 6.42 Å². The highest BCUT2D eigenvalue weighted by molar-refractivity contribution is 5.71. The molecule has 104 valence electrons. The second-order valence-electron chi connectivity index (χ2n) is 6.10. The van der Waals surface area contributed by atoms with E-state index in [0.29, 0.717) is 6.04 Å². The number of piperazine rings is 1. The van der Waals surface area contributed by atoms with Crippen LogP contribution < -0.4 is 9.80 Å². The van der Waals surface area contributed by atoms with Crippen molar-refractivity contribution in [1.82, 2.24) is 4.90 Å². The van der Waals surface area contributed by atoms with Crippen LogP contribution in [0.25, 0.3) is 0 Å². The maximum absolute atomic E-state index is 2.57. The summed E-state index contributed by atoms with van der Waals surface area (Å²) in [4.78, 5) is 7.53. The van der Waals surface area contributed by atoms with Crippen molar-refractivity contribution in [3.05, 3.63) is 23.8 Å². The van der Waals surface area contributed by atoms with Gasteiger partial charge in [0.1, 0.15) is 0 Å². The van der Waals surface area contributed by atoms with E-state index >= 15 is 0 Å². The molecule has 0 spiro atoms. The van der Waals surface area contributed by atoms with Gasteiger partial charge < -0.3 is 14.7 Å². The van der Waals surface area contributed by atoms with Gasteiger partial charge in [-0.25, -0.2) is 0 Å². The van der Waals surface area contributed by atoms with Crippen molar-refractivity contribution in [2.24, 2.45) is 0 Å². The Balaban J connectivity index is 1.88. The zero-order chi connectivity index (χ0) is 13.4. The molecule has 0 aromatic heterocycles. The van der Waals surface area contributed by atoms with Crippen LogP contribution in [0.2, 0.25) is 0 Å². The van der Waals surface area contributed by atoms with Crippen molar-refractivity contribution in [2.45, 2.75) is 26.3 Å². The molecular formula is C16H25N3. The molecule has 0 N–H and O–H groups in total. The van der Waals surface area contributed by atoms with Crippen LogP contribution in [0.1, 0.15) is 19.4 Å². The minimum absolute atomic E-state index is 0.601. The minimum Gasteiger partial charge on any atom is -0.369 e. The Bertz CT molecular complexity index is 447. The molecule has 0 saturated carbocycles. The molecule has 0 radical (unpaired) electrons. The summed E-state index contributed by atoms with van der Waals surface area (Å²) in [5.41, 5.74) is 4.51.